The van der Waals surface area contributed by atoms with Gasteiger partial charge in [-0.2, -0.15) is 0 Å². The summed E-state index contributed by atoms with van der Waals surface area (Å²) in [5.74, 6) is 1.83. The predicted molar refractivity (Wildman–Crippen MR) is 120 cm³/mol. The lowest BCUT2D eigenvalue weighted by molar-refractivity contribution is 0.304. The minimum Gasteiger partial charge on any atom is -0.494 e. The van der Waals surface area contributed by atoms with Crippen molar-refractivity contribution in [3.63, 3.8) is 0 Å². The molecule has 0 saturated heterocycles. The molecule has 0 heterocycles. The van der Waals surface area contributed by atoms with Crippen LogP contribution in [0.5, 0.6) is 11.5 Å². The molecule has 2 aromatic rings. The summed E-state index contributed by atoms with van der Waals surface area (Å²) >= 11 is 0. The summed E-state index contributed by atoms with van der Waals surface area (Å²) in [6, 6.07) is 16.6. The second-order valence-corrected chi connectivity index (χ2v) is 6.93. The topological polar surface area (TPSA) is 18.5 Å². The monoisotopic (exact) mass is 378 g/mol. The number of unbranched alkanes of at least 4 members (excludes halogenated alkanes) is 5. The number of hydrogen-bond acceptors (Lipinski definition) is 2. The Morgan fingerprint density at radius 2 is 1.25 bits per heavy atom. The highest BCUT2D eigenvalue weighted by Gasteiger charge is 2.00. The van der Waals surface area contributed by atoms with Crippen LogP contribution in [0, 0.1) is 0 Å². The molecule has 0 aromatic heterocycles. The van der Waals surface area contributed by atoms with Gasteiger partial charge < -0.3 is 9.47 Å². The first-order valence-corrected chi connectivity index (χ1v) is 10.6. The first-order chi connectivity index (χ1) is 13.8. The highest BCUT2D eigenvalue weighted by Crippen LogP contribution is 2.24. The van der Waals surface area contributed by atoms with Crippen molar-refractivity contribution in [1.29, 1.82) is 0 Å². The fraction of sp³-hybridized carbons (Fsp3) is 0.385. The minimum atomic E-state index is 0.578. The zero-order valence-corrected chi connectivity index (χ0v) is 17.4. The third-order valence-electron chi connectivity index (χ3n) is 4.59. The van der Waals surface area contributed by atoms with Gasteiger partial charge in [0.15, 0.2) is 0 Å². The standard InChI is InChI=1S/C26H34O2/c1-3-5-7-9-10-12-22-28-26-19-15-24(16-20-26)23-13-17-25(18-14-23)27-21-11-8-6-4-2/h4,6,8,11,13-20H,3,5,7,9-10,12,21-22H2,1-2H3/b6-4+,11-8+. The second-order valence-electron chi connectivity index (χ2n) is 6.93. The number of rotatable bonds is 13. The number of allylic oxidation sites excluding steroid dienone is 3. The van der Waals surface area contributed by atoms with E-state index in [-0.39, 0.29) is 0 Å². The largest absolute Gasteiger partial charge is 0.494 e. The Balaban J connectivity index is 1.74. The van der Waals surface area contributed by atoms with E-state index in [1.165, 1.54) is 43.2 Å². The minimum absolute atomic E-state index is 0.578. The van der Waals surface area contributed by atoms with Crippen molar-refractivity contribution in [2.75, 3.05) is 13.2 Å². The number of hydrogen-bond donors (Lipinski definition) is 0. The lowest BCUT2D eigenvalue weighted by Gasteiger charge is -2.08. The summed E-state index contributed by atoms with van der Waals surface area (Å²) in [6.07, 6.45) is 15.7. The van der Waals surface area contributed by atoms with Crippen LogP contribution in [0.25, 0.3) is 11.1 Å². The average molecular weight is 379 g/mol. The Morgan fingerprint density at radius 1 is 0.679 bits per heavy atom. The summed E-state index contributed by atoms with van der Waals surface area (Å²) in [5.41, 5.74) is 2.37. The SMILES string of the molecule is C/C=C/C=C/COc1ccc(-c2ccc(OCCCCCCCC)cc2)cc1. The molecule has 2 aromatic carbocycles. The maximum atomic E-state index is 5.86. The summed E-state index contributed by atoms with van der Waals surface area (Å²) in [5, 5.41) is 0. The van der Waals surface area contributed by atoms with Crippen LogP contribution in [0.3, 0.4) is 0 Å². The first-order valence-electron chi connectivity index (χ1n) is 10.6. The Kier molecular flexibility index (Phi) is 10.6. The molecule has 0 aliphatic carbocycles. The molecule has 0 spiro atoms. The van der Waals surface area contributed by atoms with E-state index in [9.17, 15) is 0 Å². The van der Waals surface area contributed by atoms with Crippen molar-refractivity contribution < 1.29 is 9.47 Å². The maximum absolute atomic E-state index is 5.86. The van der Waals surface area contributed by atoms with E-state index >= 15 is 0 Å². The van der Waals surface area contributed by atoms with Gasteiger partial charge in [-0.3, -0.25) is 0 Å². The van der Waals surface area contributed by atoms with Crippen LogP contribution in [-0.2, 0) is 0 Å². The highest BCUT2D eigenvalue weighted by atomic mass is 16.5. The van der Waals surface area contributed by atoms with E-state index in [4.69, 9.17) is 9.47 Å². The Hall–Kier alpha value is -2.48. The van der Waals surface area contributed by atoms with Crippen molar-refractivity contribution in [2.24, 2.45) is 0 Å². The van der Waals surface area contributed by atoms with Gasteiger partial charge in [-0.05, 0) is 54.8 Å². The van der Waals surface area contributed by atoms with E-state index < -0.39 is 0 Å². The molecule has 0 atom stereocenters. The van der Waals surface area contributed by atoms with Gasteiger partial charge in [-0.25, -0.2) is 0 Å². The molecule has 0 aliphatic rings. The van der Waals surface area contributed by atoms with Gasteiger partial charge in [-0.1, -0.05) is 81.5 Å². The van der Waals surface area contributed by atoms with Crippen LogP contribution in [0.15, 0.2) is 72.8 Å². The van der Waals surface area contributed by atoms with E-state index in [2.05, 4.69) is 43.3 Å². The van der Waals surface area contributed by atoms with E-state index in [1.54, 1.807) is 0 Å². The summed E-state index contributed by atoms with van der Waals surface area (Å²) in [4.78, 5) is 0. The number of ether oxygens (including phenoxy) is 2. The van der Waals surface area contributed by atoms with E-state index in [0.717, 1.165) is 24.5 Å². The third-order valence-corrected chi connectivity index (χ3v) is 4.59. The van der Waals surface area contributed by atoms with Crippen molar-refractivity contribution in [2.45, 2.75) is 52.4 Å². The Morgan fingerprint density at radius 3 is 1.86 bits per heavy atom. The normalized spacial score (nSPS) is 11.4. The van der Waals surface area contributed by atoms with Gasteiger partial charge in [0.1, 0.15) is 18.1 Å². The molecule has 0 radical (unpaired) electrons. The van der Waals surface area contributed by atoms with Crippen molar-refractivity contribution in [3.8, 4) is 22.6 Å². The Bertz CT molecular complexity index is 696. The van der Waals surface area contributed by atoms with Crippen LogP contribution >= 0.6 is 0 Å². The fourth-order valence-electron chi connectivity index (χ4n) is 2.95. The van der Waals surface area contributed by atoms with E-state index in [0.29, 0.717) is 6.61 Å². The molecule has 28 heavy (non-hydrogen) atoms. The molecule has 0 bridgehead atoms. The maximum Gasteiger partial charge on any atom is 0.119 e. The molecule has 0 N–H and O–H groups in total. The average Bonchev–Trinajstić information content (AvgIpc) is 2.74. The third kappa shape index (κ3) is 8.47. The Labute approximate surface area is 170 Å². The van der Waals surface area contributed by atoms with Crippen LogP contribution in [-0.4, -0.2) is 13.2 Å². The van der Waals surface area contributed by atoms with Gasteiger partial charge in [0.05, 0.1) is 6.61 Å². The molecule has 2 heteroatoms. The van der Waals surface area contributed by atoms with E-state index in [1.807, 2.05) is 43.4 Å². The van der Waals surface area contributed by atoms with Crippen LogP contribution < -0.4 is 9.47 Å². The summed E-state index contributed by atoms with van der Waals surface area (Å²) in [6.45, 7) is 5.63. The zero-order valence-electron chi connectivity index (χ0n) is 17.4. The quantitative estimate of drug-likeness (QED) is 0.264. The first kappa shape index (κ1) is 21.8. The van der Waals surface area contributed by atoms with Gasteiger partial charge in [0.2, 0.25) is 0 Å². The van der Waals surface area contributed by atoms with Crippen molar-refractivity contribution >= 4 is 0 Å². The fourth-order valence-corrected chi connectivity index (χ4v) is 2.95. The number of benzene rings is 2. The molecule has 2 rings (SSSR count). The molecule has 0 unspecified atom stereocenters. The van der Waals surface area contributed by atoms with Gasteiger partial charge in [0.25, 0.3) is 0 Å². The lowest BCUT2D eigenvalue weighted by Crippen LogP contribution is -1.97. The molecule has 0 saturated carbocycles. The van der Waals surface area contributed by atoms with Gasteiger partial charge in [0, 0.05) is 0 Å². The molecule has 150 valence electrons. The van der Waals surface area contributed by atoms with Crippen LogP contribution in [0.2, 0.25) is 0 Å². The molecule has 0 fully saturated rings. The van der Waals surface area contributed by atoms with Crippen molar-refractivity contribution in [1.82, 2.24) is 0 Å². The van der Waals surface area contributed by atoms with Crippen LogP contribution in [0.4, 0.5) is 0 Å². The zero-order chi connectivity index (χ0) is 19.9. The molecule has 0 aliphatic heterocycles. The molecule has 0 amide bonds. The predicted octanol–water partition coefficient (Wildman–Crippen LogP) is 7.60. The summed E-state index contributed by atoms with van der Waals surface area (Å²) < 4.78 is 11.6. The highest BCUT2D eigenvalue weighted by molar-refractivity contribution is 5.64. The molecular formula is C26H34O2. The lowest BCUT2D eigenvalue weighted by atomic mass is 10.1. The van der Waals surface area contributed by atoms with Gasteiger partial charge in [-0.15, -0.1) is 0 Å². The smallest absolute Gasteiger partial charge is 0.119 e. The van der Waals surface area contributed by atoms with Crippen molar-refractivity contribution in [3.05, 3.63) is 72.8 Å². The molecular weight excluding hydrogens is 344 g/mol. The molecule has 2 nitrogen and oxygen atoms in total. The van der Waals surface area contributed by atoms with Gasteiger partial charge >= 0.3 is 0 Å². The summed E-state index contributed by atoms with van der Waals surface area (Å²) in [7, 11) is 0. The van der Waals surface area contributed by atoms with Crippen LogP contribution in [0.1, 0.15) is 52.4 Å². The second kappa shape index (κ2) is 13.7.